The van der Waals surface area contributed by atoms with Crippen LogP contribution in [0.2, 0.25) is 0 Å². The molecule has 1 amide bonds. The summed E-state index contributed by atoms with van der Waals surface area (Å²) in [6.45, 7) is 2.77. The molecule has 1 aromatic heterocycles. The van der Waals surface area contributed by atoms with Gasteiger partial charge in [0.2, 0.25) is 5.91 Å². The Kier molecular flexibility index (Phi) is 6.35. The van der Waals surface area contributed by atoms with Gasteiger partial charge in [-0.2, -0.15) is 0 Å². The van der Waals surface area contributed by atoms with Crippen LogP contribution in [-0.2, 0) is 11.3 Å². The lowest BCUT2D eigenvalue weighted by Crippen LogP contribution is -2.43. The van der Waals surface area contributed by atoms with E-state index in [1.165, 1.54) is 0 Å². The maximum Gasteiger partial charge on any atom is 0.223 e. The molecule has 2 unspecified atom stereocenters. The van der Waals surface area contributed by atoms with Crippen molar-refractivity contribution in [3.05, 3.63) is 40.3 Å². The monoisotopic (exact) mass is 415 g/mol. The minimum absolute atomic E-state index is 0.00175. The summed E-state index contributed by atoms with van der Waals surface area (Å²) < 4.78 is 11.1. The number of thiazole rings is 1. The summed E-state index contributed by atoms with van der Waals surface area (Å²) in [4.78, 5) is 19.5. The Morgan fingerprint density at radius 3 is 2.86 bits per heavy atom. The number of methoxy groups -OCH3 is 2. The number of nitrogens with zero attached hydrogens (tertiary/aromatic N) is 2. The molecule has 1 saturated carbocycles. The summed E-state index contributed by atoms with van der Waals surface area (Å²) in [7, 11) is 3.35. The summed E-state index contributed by atoms with van der Waals surface area (Å²) in [5, 5.41) is 6.33. The zero-order valence-corrected chi connectivity index (χ0v) is 17.9. The van der Waals surface area contributed by atoms with Crippen LogP contribution < -0.4 is 14.8 Å². The molecular weight excluding hydrogens is 386 g/mol. The third-order valence-corrected chi connectivity index (χ3v) is 6.71. The topological polar surface area (TPSA) is 63.7 Å². The quantitative estimate of drug-likeness (QED) is 0.713. The largest absolute Gasteiger partial charge is 0.493 e. The van der Waals surface area contributed by atoms with Gasteiger partial charge in [0.25, 0.3) is 0 Å². The first-order valence-corrected chi connectivity index (χ1v) is 11.2. The molecule has 2 aliphatic rings. The van der Waals surface area contributed by atoms with Gasteiger partial charge in [0.05, 0.1) is 20.3 Å². The molecule has 156 valence electrons. The Morgan fingerprint density at radius 1 is 1.31 bits per heavy atom. The van der Waals surface area contributed by atoms with Gasteiger partial charge in [-0.15, -0.1) is 11.3 Å². The Bertz CT molecular complexity index is 823. The number of rotatable bonds is 8. The van der Waals surface area contributed by atoms with Crippen molar-refractivity contribution in [3.63, 3.8) is 0 Å². The Hall–Kier alpha value is -2.12. The molecule has 2 atom stereocenters. The number of nitrogens with one attached hydrogen (secondary N) is 1. The SMILES string of the molecule is COc1cccc(CN2CCCC(C(NC(=O)C3CC3)c3nccs3)C2)c1OC. The van der Waals surface area contributed by atoms with E-state index in [2.05, 4.69) is 21.3 Å². The molecule has 1 aliphatic carbocycles. The third-order valence-electron chi connectivity index (χ3n) is 5.86. The smallest absolute Gasteiger partial charge is 0.223 e. The number of aromatic nitrogens is 1. The summed E-state index contributed by atoms with van der Waals surface area (Å²) in [6, 6.07) is 6.02. The van der Waals surface area contributed by atoms with E-state index < -0.39 is 0 Å². The minimum Gasteiger partial charge on any atom is -0.493 e. The van der Waals surface area contributed by atoms with E-state index >= 15 is 0 Å². The maximum atomic E-state index is 12.5. The number of hydrogen-bond acceptors (Lipinski definition) is 6. The van der Waals surface area contributed by atoms with Gasteiger partial charge in [0, 0.05) is 36.1 Å². The number of para-hydroxylation sites is 1. The molecule has 1 aliphatic heterocycles. The summed E-state index contributed by atoms with van der Waals surface area (Å²) in [5.41, 5.74) is 1.13. The second-order valence-electron chi connectivity index (χ2n) is 7.92. The number of benzene rings is 1. The first-order chi connectivity index (χ1) is 14.2. The second kappa shape index (κ2) is 9.13. The molecule has 4 rings (SSSR count). The van der Waals surface area contributed by atoms with Crippen LogP contribution in [-0.4, -0.2) is 43.1 Å². The average molecular weight is 416 g/mol. The molecule has 0 spiro atoms. The zero-order chi connectivity index (χ0) is 20.2. The molecule has 6 nitrogen and oxygen atoms in total. The molecular formula is C22H29N3O3S. The van der Waals surface area contributed by atoms with Crippen LogP contribution in [0.25, 0.3) is 0 Å². The number of amides is 1. The highest BCUT2D eigenvalue weighted by molar-refractivity contribution is 7.09. The van der Waals surface area contributed by atoms with Crippen molar-refractivity contribution in [2.75, 3.05) is 27.3 Å². The molecule has 0 radical (unpaired) electrons. The first kappa shape index (κ1) is 20.2. The van der Waals surface area contributed by atoms with Crippen LogP contribution in [0.1, 0.15) is 42.3 Å². The minimum atomic E-state index is -0.00175. The Balaban J connectivity index is 1.48. The van der Waals surface area contributed by atoms with Crippen molar-refractivity contribution in [1.82, 2.24) is 15.2 Å². The highest BCUT2D eigenvalue weighted by atomic mass is 32.1. The van der Waals surface area contributed by atoms with E-state index in [-0.39, 0.29) is 17.9 Å². The first-order valence-electron chi connectivity index (χ1n) is 10.3. The lowest BCUT2D eigenvalue weighted by atomic mass is 9.90. The predicted octanol–water partition coefficient (Wildman–Crippen LogP) is 3.64. The zero-order valence-electron chi connectivity index (χ0n) is 17.1. The van der Waals surface area contributed by atoms with Crippen LogP contribution in [0.5, 0.6) is 11.5 Å². The van der Waals surface area contributed by atoms with Crippen molar-refractivity contribution < 1.29 is 14.3 Å². The summed E-state index contributed by atoms with van der Waals surface area (Å²) in [6.07, 6.45) is 6.07. The Morgan fingerprint density at radius 2 is 2.17 bits per heavy atom. The van der Waals surface area contributed by atoms with Crippen LogP contribution in [0.3, 0.4) is 0 Å². The van der Waals surface area contributed by atoms with Gasteiger partial charge >= 0.3 is 0 Å². The van der Waals surface area contributed by atoms with Gasteiger partial charge in [-0.3, -0.25) is 9.69 Å². The van der Waals surface area contributed by atoms with Gasteiger partial charge < -0.3 is 14.8 Å². The second-order valence-corrected chi connectivity index (χ2v) is 8.85. The van der Waals surface area contributed by atoms with Crippen LogP contribution in [0, 0.1) is 11.8 Å². The number of piperidine rings is 1. The Labute approximate surface area is 176 Å². The molecule has 1 saturated heterocycles. The number of carbonyl (C=O) groups excluding carboxylic acids is 1. The number of carbonyl (C=O) groups is 1. The fraction of sp³-hybridized carbons (Fsp3) is 0.545. The number of ether oxygens (including phenoxy) is 2. The molecule has 29 heavy (non-hydrogen) atoms. The predicted molar refractivity (Wildman–Crippen MR) is 113 cm³/mol. The molecule has 2 fully saturated rings. The lowest BCUT2D eigenvalue weighted by Gasteiger charge is -2.37. The highest BCUT2D eigenvalue weighted by Crippen LogP contribution is 2.36. The van der Waals surface area contributed by atoms with Gasteiger partial charge in [-0.1, -0.05) is 12.1 Å². The van der Waals surface area contributed by atoms with Crippen molar-refractivity contribution in [2.45, 2.75) is 38.3 Å². The molecule has 1 N–H and O–H groups in total. The lowest BCUT2D eigenvalue weighted by molar-refractivity contribution is -0.123. The van der Waals surface area contributed by atoms with E-state index in [0.29, 0.717) is 5.92 Å². The van der Waals surface area contributed by atoms with Gasteiger partial charge in [0.1, 0.15) is 5.01 Å². The van der Waals surface area contributed by atoms with Crippen molar-refractivity contribution in [2.24, 2.45) is 11.8 Å². The van der Waals surface area contributed by atoms with E-state index in [4.69, 9.17) is 9.47 Å². The number of hydrogen-bond donors (Lipinski definition) is 1. The molecule has 0 bridgehead atoms. The fourth-order valence-electron chi connectivity index (χ4n) is 4.21. The van der Waals surface area contributed by atoms with Gasteiger partial charge in [0.15, 0.2) is 11.5 Å². The third kappa shape index (κ3) is 4.73. The standard InChI is InChI=1S/C22H29N3O3S/c1-27-18-7-3-5-17(20(18)28-2)14-25-11-4-6-16(13-25)19(22-23-10-12-29-22)24-21(26)15-8-9-15/h3,5,7,10,12,15-16,19H,4,6,8-9,11,13-14H2,1-2H3,(H,24,26). The molecule has 7 heteroatoms. The molecule has 2 heterocycles. The molecule has 2 aromatic rings. The van der Waals surface area contributed by atoms with E-state index in [9.17, 15) is 4.79 Å². The summed E-state index contributed by atoms with van der Waals surface area (Å²) in [5.74, 6) is 2.32. The van der Waals surface area contributed by atoms with Crippen molar-refractivity contribution >= 4 is 17.2 Å². The summed E-state index contributed by atoms with van der Waals surface area (Å²) >= 11 is 1.63. The normalized spacial score (nSPS) is 20.8. The van der Waals surface area contributed by atoms with Crippen LogP contribution in [0.15, 0.2) is 29.8 Å². The maximum absolute atomic E-state index is 12.5. The van der Waals surface area contributed by atoms with Gasteiger partial charge in [-0.05, 0) is 44.2 Å². The number of likely N-dealkylation sites (tertiary alicyclic amines) is 1. The van der Waals surface area contributed by atoms with E-state index in [1.807, 2.05) is 23.7 Å². The van der Waals surface area contributed by atoms with E-state index in [1.54, 1.807) is 25.6 Å². The average Bonchev–Trinajstić information content (AvgIpc) is 3.47. The highest BCUT2D eigenvalue weighted by Gasteiger charge is 2.36. The molecule has 1 aromatic carbocycles. The van der Waals surface area contributed by atoms with E-state index in [0.717, 1.165) is 67.4 Å². The van der Waals surface area contributed by atoms with Crippen molar-refractivity contribution in [3.8, 4) is 11.5 Å². The van der Waals surface area contributed by atoms with Crippen molar-refractivity contribution in [1.29, 1.82) is 0 Å². The van der Waals surface area contributed by atoms with Crippen LogP contribution >= 0.6 is 11.3 Å². The van der Waals surface area contributed by atoms with Crippen LogP contribution in [0.4, 0.5) is 0 Å². The van der Waals surface area contributed by atoms with Gasteiger partial charge in [-0.25, -0.2) is 4.98 Å². The fourth-order valence-corrected chi connectivity index (χ4v) is 4.99.